The summed E-state index contributed by atoms with van der Waals surface area (Å²) in [6.45, 7) is -0.551. The molecule has 2 aliphatic heterocycles. The summed E-state index contributed by atoms with van der Waals surface area (Å²) in [4.78, 5) is 36.7. The highest BCUT2D eigenvalue weighted by molar-refractivity contribution is 6.15. The molecule has 0 saturated carbocycles. The van der Waals surface area contributed by atoms with Crippen LogP contribution in [0.25, 0.3) is 6.08 Å². The second kappa shape index (κ2) is 9.10. The topological polar surface area (TPSA) is 129 Å². The van der Waals surface area contributed by atoms with E-state index in [1.54, 1.807) is 42.5 Å². The fourth-order valence-corrected chi connectivity index (χ4v) is 4.36. The van der Waals surface area contributed by atoms with Crippen LogP contribution < -0.4 is 18.9 Å². The number of hydrogen-bond acceptors (Lipinski definition) is 8. The van der Waals surface area contributed by atoms with Crippen LogP contribution in [0.15, 0.2) is 60.4 Å². The molecule has 2 heterocycles. The van der Waals surface area contributed by atoms with E-state index >= 15 is 0 Å². The third-order valence-electron chi connectivity index (χ3n) is 5.93. The first-order valence-electron chi connectivity index (χ1n) is 11.0. The molecule has 0 spiro atoms. The minimum atomic E-state index is -1.14. The van der Waals surface area contributed by atoms with Crippen molar-refractivity contribution in [1.82, 2.24) is 0 Å². The van der Waals surface area contributed by atoms with E-state index < -0.39 is 24.5 Å². The predicted molar refractivity (Wildman–Crippen MR) is 126 cm³/mol. The van der Waals surface area contributed by atoms with E-state index in [1.807, 2.05) is 0 Å². The normalized spacial score (nSPS) is 17.1. The Labute approximate surface area is 205 Å². The average molecular weight is 488 g/mol. The summed E-state index contributed by atoms with van der Waals surface area (Å²) in [7, 11) is 1.44. The average Bonchev–Trinajstić information content (AvgIpc) is 3.17. The lowest BCUT2D eigenvalue weighted by atomic mass is 9.84. The Bertz CT molecular complexity index is 1440. The third-order valence-corrected chi connectivity index (χ3v) is 5.93. The highest BCUT2D eigenvalue weighted by Gasteiger charge is 2.39. The number of hydrogen-bond donors (Lipinski definition) is 2. The summed E-state index contributed by atoms with van der Waals surface area (Å²) in [5.41, 5.74) is 1.88. The molecule has 0 aliphatic carbocycles. The lowest BCUT2D eigenvalue weighted by molar-refractivity contribution is -0.139. The fraction of sp³-hybridized carbons (Fsp3) is 0.148. The number of methoxy groups -OCH3 is 1. The summed E-state index contributed by atoms with van der Waals surface area (Å²) < 4.78 is 22.0. The molecule has 36 heavy (non-hydrogen) atoms. The monoisotopic (exact) mass is 488 g/mol. The van der Waals surface area contributed by atoms with Crippen molar-refractivity contribution in [3.8, 4) is 28.7 Å². The maximum atomic E-state index is 13.2. The second-order valence-electron chi connectivity index (χ2n) is 8.18. The van der Waals surface area contributed by atoms with E-state index in [-0.39, 0.29) is 35.2 Å². The van der Waals surface area contributed by atoms with Crippen molar-refractivity contribution in [2.75, 3.05) is 13.7 Å². The van der Waals surface area contributed by atoms with Crippen molar-refractivity contribution in [2.24, 2.45) is 0 Å². The number of carboxylic acid groups (broad SMARTS) is 1. The van der Waals surface area contributed by atoms with Gasteiger partial charge in [-0.25, -0.2) is 4.79 Å². The van der Waals surface area contributed by atoms with E-state index in [0.29, 0.717) is 33.8 Å². The molecule has 3 aromatic rings. The zero-order chi connectivity index (χ0) is 25.4. The van der Waals surface area contributed by atoms with Crippen LogP contribution in [-0.2, 0) is 9.59 Å². The molecular weight excluding hydrogens is 468 g/mol. The van der Waals surface area contributed by atoms with E-state index in [2.05, 4.69) is 0 Å². The van der Waals surface area contributed by atoms with Gasteiger partial charge in [-0.15, -0.1) is 0 Å². The van der Waals surface area contributed by atoms with Crippen LogP contribution in [0.4, 0.5) is 0 Å². The number of ketones is 1. The number of allylic oxidation sites excluding steroid dienone is 1. The van der Waals surface area contributed by atoms with Crippen LogP contribution in [0.3, 0.4) is 0 Å². The Kier molecular flexibility index (Phi) is 5.81. The van der Waals surface area contributed by atoms with Gasteiger partial charge in [0.15, 0.2) is 23.9 Å². The number of rotatable bonds is 6. The molecule has 9 nitrogen and oxygen atoms in total. The van der Waals surface area contributed by atoms with E-state index in [0.717, 1.165) is 0 Å². The molecule has 0 saturated heterocycles. The van der Waals surface area contributed by atoms with Crippen LogP contribution in [-0.4, -0.2) is 41.7 Å². The van der Waals surface area contributed by atoms with E-state index in [9.17, 15) is 19.5 Å². The Morgan fingerprint density at radius 3 is 2.64 bits per heavy atom. The number of carbonyl (C=O) groups is 3. The molecule has 1 unspecified atom stereocenters. The first-order valence-corrected chi connectivity index (χ1v) is 11.0. The molecule has 0 aromatic heterocycles. The Balaban J connectivity index is 1.57. The maximum absolute atomic E-state index is 13.2. The zero-order valence-electron chi connectivity index (χ0n) is 19.0. The van der Waals surface area contributed by atoms with Crippen molar-refractivity contribution in [3.63, 3.8) is 0 Å². The van der Waals surface area contributed by atoms with Crippen molar-refractivity contribution in [3.05, 3.63) is 82.6 Å². The van der Waals surface area contributed by atoms with Gasteiger partial charge in [0.25, 0.3) is 0 Å². The number of phenolic OH excluding ortho intramolecular Hbond substituents is 1. The molecule has 182 valence electrons. The maximum Gasteiger partial charge on any atom is 0.341 e. The molecule has 9 heteroatoms. The van der Waals surface area contributed by atoms with Crippen LogP contribution in [0.2, 0.25) is 0 Å². The molecule has 2 aliphatic rings. The smallest absolute Gasteiger partial charge is 0.341 e. The number of fused-ring (bicyclic) bond motifs is 3. The first kappa shape index (κ1) is 23.0. The molecule has 0 radical (unpaired) electrons. The molecule has 0 bridgehead atoms. The van der Waals surface area contributed by atoms with Crippen molar-refractivity contribution >= 4 is 23.8 Å². The number of carboxylic acids is 1. The van der Waals surface area contributed by atoms with Gasteiger partial charge in [-0.3, -0.25) is 9.59 Å². The zero-order valence-corrected chi connectivity index (χ0v) is 19.0. The Morgan fingerprint density at radius 1 is 1.08 bits per heavy atom. The second-order valence-corrected chi connectivity index (χ2v) is 8.18. The third kappa shape index (κ3) is 4.11. The number of para-hydroxylation sites is 1. The summed E-state index contributed by atoms with van der Waals surface area (Å²) >= 11 is 0. The van der Waals surface area contributed by atoms with Gasteiger partial charge in [0.1, 0.15) is 17.2 Å². The summed E-state index contributed by atoms with van der Waals surface area (Å²) in [6, 6.07) is 14.6. The van der Waals surface area contributed by atoms with Gasteiger partial charge in [-0.05, 0) is 42.0 Å². The van der Waals surface area contributed by atoms with Crippen LogP contribution in [0.1, 0.15) is 39.4 Å². The highest BCUT2D eigenvalue weighted by atomic mass is 16.5. The van der Waals surface area contributed by atoms with Gasteiger partial charge in [0, 0.05) is 17.0 Å². The number of benzene rings is 3. The van der Waals surface area contributed by atoms with Gasteiger partial charge in [0.05, 0.1) is 19.1 Å². The van der Waals surface area contributed by atoms with Gasteiger partial charge < -0.3 is 29.2 Å². The van der Waals surface area contributed by atoms with Crippen LogP contribution in [0.5, 0.6) is 28.7 Å². The molecular formula is C27H20O9. The SMILES string of the molecule is COc1ccc(C=C2Oc3c(ccc4c3C(c3ccccc3OCC(=O)O)CC(=O)O4)C2=O)cc1O. The Morgan fingerprint density at radius 2 is 1.89 bits per heavy atom. The fourth-order valence-electron chi connectivity index (χ4n) is 4.36. The summed E-state index contributed by atoms with van der Waals surface area (Å²) in [5, 5.41) is 19.1. The Hall–Kier alpha value is -4.79. The summed E-state index contributed by atoms with van der Waals surface area (Å²) in [6.07, 6.45) is 1.45. The number of carbonyl (C=O) groups excluding carboxylic acids is 2. The quantitative estimate of drug-likeness (QED) is 0.301. The molecule has 1 atom stereocenters. The van der Waals surface area contributed by atoms with Gasteiger partial charge >= 0.3 is 11.9 Å². The predicted octanol–water partition coefficient (Wildman–Crippen LogP) is 3.92. The minimum absolute atomic E-state index is 0.0361. The summed E-state index contributed by atoms with van der Waals surface area (Å²) in [5.74, 6) is -1.53. The molecule has 0 amide bonds. The number of aromatic hydroxyl groups is 1. The highest BCUT2D eigenvalue weighted by Crippen LogP contribution is 2.50. The van der Waals surface area contributed by atoms with Crippen molar-refractivity contribution in [2.45, 2.75) is 12.3 Å². The van der Waals surface area contributed by atoms with E-state index in [4.69, 9.17) is 24.1 Å². The largest absolute Gasteiger partial charge is 0.504 e. The number of phenols is 1. The van der Waals surface area contributed by atoms with Crippen LogP contribution in [0, 0.1) is 0 Å². The molecule has 5 rings (SSSR count). The van der Waals surface area contributed by atoms with Crippen molar-refractivity contribution < 1.29 is 43.5 Å². The lowest BCUT2D eigenvalue weighted by Crippen LogP contribution is -2.22. The standard InChI is InChI=1S/C27H20O9/c1-33-20-8-6-14(10-18(20)28)11-22-26(32)16-7-9-21-25(27(16)36-22)17(12-24(31)35-21)15-4-2-3-5-19(15)34-13-23(29)30/h2-11,17,28H,12-13H2,1H3,(H,29,30). The molecule has 2 N–H and O–H groups in total. The van der Waals surface area contributed by atoms with Crippen LogP contribution >= 0.6 is 0 Å². The minimum Gasteiger partial charge on any atom is -0.504 e. The first-order chi connectivity index (χ1) is 17.4. The van der Waals surface area contributed by atoms with Gasteiger partial charge in [0.2, 0.25) is 5.78 Å². The number of aliphatic carboxylic acids is 1. The lowest BCUT2D eigenvalue weighted by Gasteiger charge is -2.27. The number of Topliss-reactive ketones (excluding diaryl/α,β-unsaturated/α-hetero) is 1. The molecule has 0 fully saturated rings. The van der Waals surface area contributed by atoms with Gasteiger partial charge in [-0.1, -0.05) is 24.3 Å². The van der Waals surface area contributed by atoms with Crippen molar-refractivity contribution in [1.29, 1.82) is 0 Å². The molecule has 3 aromatic carbocycles. The number of esters is 1. The number of ether oxygens (including phenoxy) is 4. The van der Waals surface area contributed by atoms with E-state index in [1.165, 1.54) is 25.3 Å². The van der Waals surface area contributed by atoms with Gasteiger partial charge in [-0.2, -0.15) is 0 Å².